The zero-order valence-electron chi connectivity index (χ0n) is 9.56. The van der Waals surface area contributed by atoms with E-state index >= 15 is 0 Å². The van der Waals surface area contributed by atoms with Crippen LogP contribution in [0.15, 0.2) is 6.07 Å². The molecule has 1 atom stereocenters. The summed E-state index contributed by atoms with van der Waals surface area (Å²) in [5, 5.41) is 0. The van der Waals surface area contributed by atoms with Crippen LogP contribution in [0.25, 0.3) is 0 Å². The van der Waals surface area contributed by atoms with E-state index < -0.39 is 0 Å². The van der Waals surface area contributed by atoms with Crippen LogP contribution in [-0.2, 0) is 12.8 Å². The van der Waals surface area contributed by atoms with Gasteiger partial charge in [0.15, 0.2) is 0 Å². The molecule has 2 rings (SSSR count). The number of alkyl halides is 1. The summed E-state index contributed by atoms with van der Waals surface area (Å²) in [5.41, 5.74) is 6.14. The van der Waals surface area contributed by atoms with Crippen molar-refractivity contribution in [1.82, 2.24) is 0 Å². The van der Waals surface area contributed by atoms with Crippen LogP contribution in [0.4, 0.5) is 0 Å². The number of ether oxygens (including phenoxy) is 1. The average Bonchev–Trinajstić information content (AvgIpc) is 2.53. The monoisotopic (exact) mass is 268 g/mol. The average molecular weight is 269 g/mol. The van der Waals surface area contributed by atoms with Gasteiger partial charge in [-0.1, -0.05) is 13.0 Å². The summed E-state index contributed by atoms with van der Waals surface area (Å²) in [7, 11) is 0. The third-order valence-corrected chi connectivity index (χ3v) is 3.53. The molecule has 0 aliphatic heterocycles. The molecule has 1 aromatic rings. The highest BCUT2D eigenvalue weighted by Crippen LogP contribution is 2.37. The lowest BCUT2D eigenvalue weighted by Crippen LogP contribution is -1.99. The summed E-state index contributed by atoms with van der Waals surface area (Å²) in [6.45, 7) is 6.62. The molecule has 0 saturated heterocycles. The molecule has 0 amide bonds. The van der Waals surface area contributed by atoms with E-state index in [2.05, 4.69) is 42.8 Å². The zero-order chi connectivity index (χ0) is 11.0. The number of hydrogen-bond acceptors (Lipinski definition) is 1. The van der Waals surface area contributed by atoms with Gasteiger partial charge in [-0.2, -0.15) is 0 Å². The predicted molar refractivity (Wildman–Crippen MR) is 66.9 cm³/mol. The first-order valence-corrected chi connectivity index (χ1v) is 6.56. The van der Waals surface area contributed by atoms with E-state index in [-0.39, 0.29) is 0 Å². The van der Waals surface area contributed by atoms with Gasteiger partial charge < -0.3 is 4.74 Å². The number of fused-ring (bicyclic) bond motifs is 1. The molecule has 0 fully saturated rings. The minimum absolute atomic E-state index is 0.581. The maximum atomic E-state index is 5.73. The first kappa shape index (κ1) is 11.0. The van der Waals surface area contributed by atoms with Crippen LogP contribution in [0.2, 0.25) is 0 Å². The van der Waals surface area contributed by atoms with Gasteiger partial charge in [0.2, 0.25) is 0 Å². The molecule has 0 aromatic heterocycles. The summed E-state index contributed by atoms with van der Waals surface area (Å²) >= 11 is 3.35. The number of rotatable bonds is 2. The first-order chi connectivity index (χ1) is 7.13. The lowest BCUT2D eigenvalue weighted by molar-refractivity contribution is 0.389. The van der Waals surface area contributed by atoms with Crippen LogP contribution in [-0.4, -0.2) is 5.52 Å². The van der Waals surface area contributed by atoms with E-state index in [1.54, 1.807) is 0 Å². The van der Waals surface area contributed by atoms with E-state index in [0.29, 0.717) is 5.52 Å². The van der Waals surface area contributed by atoms with Crippen molar-refractivity contribution in [2.45, 2.75) is 33.6 Å². The Hall–Kier alpha value is -0.500. The molecule has 1 unspecified atom stereocenters. The Kier molecular flexibility index (Phi) is 3.06. The SMILES string of the molecule is Cc1cc2c(c(OCBr)c1C)CC(C)C2. The van der Waals surface area contributed by atoms with E-state index in [9.17, 15) is 0 Å². The van der Waals surface area contributed by atoms with Crippen molar-refractivity contribution in [3.63, 3.8) is 0 Å². The molecule has 0 spiro atoms. The molecular formula is C13H17BrO. The van der Waals surface area contributed by atoms with Crippen molar-refractivity contribution in [1.29, 1.82) is 0 Å². The lowest BCUT2D eigenvalue weighted by atomic mass is 10.0. The molecule has 1 nitrogen and oxygen atoms in total. The molecule has 15 heavy (non-hydrogen) atoms. The second kappa shape index (κ2) is 4.17. The molecule has 1 aliphatic carbocycles. The van der Waals surface area contributed by atoms with E-state index in [4.69, 9.17) is 4.74 Å². The third-order valence-electron chi connectivity index (χ3n) is 3.30. The molecule has 0 heterocycles. The third kappa shape index (κ3) is 1.92. The lowest BCUT2D eigenvalue weighted by Gasteiger charge is -2.14. The summed E-state index contributed by atoms with van der Waals surface area (Å²) in [4.78, 5) is 0. The van der Waals surface area contributed by atoms with Gasteiger partial charge in [-0.3, -0.25) is 0 Å². The largest absolute Gasteiger partial charge is 0.482 e. The highest BCUT2D eigenvalue weighted by molar-refractivity contribution is 9.09. The highest BCUT2D eigenvalue weighted by Gasteiger charge is 2.23. The van der Waals surface area contributed by atoms with Gasteiger partial charge in [-0.25, -0.2) is 0 Å². The Balaban J connectivity index is 2.52. The zero-order valence-corrected chi connectivity index (χ0v) is 11.1. The van der Waals surface area contributed by atoms with Crippen LogP contribution < -0.4 is 4.74 Å². The first-order valence-electron chi connectivity index (χ1n) is 5.44. The maximum absolute atomic E-state index is 5.73. The molecule has 82 valence electrons. The van der Waals surface area contributed by atoms with Crippen LogP contribution in [0.3, 0.4) is 0 Å². The molecule has 2 heteroatoms. The molecule has 0 N–H and O–H groups in total. The van der Waals surface area contributed by atoms with Gasteiger partial charge in [-0.05, 0) is 70.8 Å². The fourth-order valence-electron chi connectivity index (χ4n) is 2.46. The van der Waals surface area contributed by atoms with Crippen molar-refractivity contribution in [2.24, 2.45) is 5.92 Å². The smallest absolute Gasteiger partial charge is 0.143 e. The van der Waals surface area contributed by atoms with E-state index in [1.165, 1.54) is 35.1 Å². The Bertz CT molecular complexity index is 385. The Morgan fingerprint density at radius 1 is 1.40 bits per heavy atom. The van der Waals surface area contributed by atoms with Crippen molar-refractivity contribution in [3.8, 4) is 5.75 Å². The molecule has 0 bridgehead atoms. The normalized spacial score (nSPS) is 19.1. The standard InChI is InChI=1S/C13H17BrO/c1-8-4-11-6-9(2)10(3)13(15-7-14)12(11)5-8/h6,8H,4-5,7H2,1-3H3. The van der Waals surface area contributed by atoms with Gasteiger partial charge in [0.05, 0.1) is 0 Å². The van der Waals surface area contributed by atoms with Crippen LogP contribution in [0.1, 0.15) is 29.2 Å². The molecule has 0 radical (unpaired) electrons. The maximum Gasteiger partial charge on any atom is 0.143 e. The number of benzene rings is 1. The van der Waals surface area contributed by atoms with E-state index in [1.807, 2.05) is 0 Å². The van der Waals surface area contributed by atoms with Crippen molar-refractivity contribution < 1.29 is 4.74 Å². The Morgan fingerprint density at radius 3 is 2.80 bits per heavy atom. The minimum Gasteiger partial charge on any atom is -0.482 e. The second-order valence-electron chi connectivity index (χ2n) is 4.55. The number of halogens is 1. The summed E-state index contributed by atoms with van der Waals surface area (Å²) in [5.74, 6) is 1.88. The summed E-state index contributed by atoms with van der Waals surface area (Å²) in [6.07, 6.45) is 2.37. The van der Waals surface area contributed by atoms with Crippen LogP contribution in [0.5, 0.6) is 5.75 Å². The van der Waals surface area contributed by atoms with Crippen molar-refractivity contribution in [3.05, 3.63) is 28.3 Å². The van der Waals surface area contributed by atoms with Gasteiger partial charge >= 0.3 is 0 Å². The van der Waals surface area contributed by atoms with Crippen LogP contribution >= 0.6 is 15.9 Å². The Morgan fingerprint density at radius 2 is 2.13 bits per heavy atom. The highest BCUT2D eigenvalue weighted by atomic mass is 79.9. The summed E-state index contributed by atoms with van der Waals surface area (Å²) < 4.78 is 5.73. The fraction of sp³-hybridized carbons (Fsp3) is 0.538. The molecule has 1 aromatic carbocycles. The van der Waals surface area contributed by atoms with Gasteiger partial charge in [0.1, 0.15) is 11.3 Å². The molecular weight excluding hydrogens is 252 g/mol. The van der Waals surface area contributed by atoms with Crippen LogP contribution in [0, 0.1) is 19.8 Å². The second-order valence-corrected chi connectivity index (χ2v) is 5.01. The van der Waals surface area contributed by atoms with Crippen molar-refractivity contribution >= 4 is 15.9 Å². The number of aryl methyl sites for hydroxylation is 1. The van der Waals surface area contributed by atoms with Crippen molar-refractivity contribution in [2.75, 3.05) is 5.52 Å². The molecule has 1 aliphatic rings. The topological polar surface area (TPSA) is 9.23 Å². The fourth-order valence-corrected chi connectivity index (χ4v) is 2.69. The van der Waals surface area contributed by atoms with Gasteiger partial charge in [0.25, 0.3) is 0 Å². The minimum atomic E-state index is 0.581. The number of hydrogen-bond donors (Lipinski definition) is 0. The predicted octanol–water partition coefficient (Wildman–Crippen LogP) is 3.77. The summed E-state index contributed by atoms with van der Waals surface area (Å²) in [6, 6.07) is 2.33. The quantitative estimate of drug-likeness (QED) is 0.742. The Labute approximate surface area is 100.0 Å². The van der Waals surface area contributed by atoms with Gasteiger partial charge in [-0.15, -0.1) is 0 Å². The molecule has 0 saturated carbocycles. The van der Waals surface area contributed by atoms with Gasteiger partial charge in [0, 0.05) is 0 Å². The van der Waals surface area contributed by atoms with E-state index in [0.717, 1.165) is 11.7 Å².